The maximum absolute atomic E-state index is 3.01. The fraction of sp³-hybridized carbons (Fsp3) is 1.00. The zero-order valence-electron chi connectivity index (χ0n) is 24.5. The van der Waals surface area contributed by atoms with Crippen molar-refractivity contribution in [1.82, 2.24) is 29.4 Å². The summed E-state index contributed by atoms with van der Waals surface area (Å²) in [5, 5.41) is 0. The normalized spacial score (nSPS) is 44.7. The summed E-state index contributed by atoms with van der Waals surface area (Å²) in [7, 11) is 7.04. The SMILES string of the molecule is CC(CC1CN(C(C)CC2CN(C(C)C)[C@@H]3CN(C)C[C@@H]23)[C@H]2CN(C)C[C@@H]12)N1CC[C@H]2CN(C)C[C@H]21. The molecule has 6 heteroatoms. The molecular weight excluding hydrogens is 444 g/mol. The zero-order valence-corrected chi connectivity index (χ0v) is 24.5. The molecule has 0 amide bonds. The minimum absolute atomic E-state index is 0.680. The van der Waals surface area contributed by atoms with Crippen molar-refractivity contribution in [3.05, 3.63) is 0 Å². The van der Waals surface area contributed by atoms with Gasteiger partial charge in [-0.1, -0.05) is 0 Å². The smallest absolute Gasteiger partial charge is 0.0269 e. The number of likely N-dealkylation sites (N-methyl/N-ethyl adjacent to an activating group) is 3. The molecule has 0 bridgehead atoms. The maximum Gasteiger partial charge on any atom is 0.0269 e. The zero-order chi connectivity index (χ0) is 25.3. The van der Waals surface area contributed by atoms with Crippen LogP contribution in [0.15, 0.2) is 0 Å². The second-order valence-corrected chi connectivity index (χ2v) is 14.7. The average Bonchev–Trinajstić information content (AvgIpc) is 3.61. The van der Waals surface area contributed by atoms with Gasteiger partial charge in [-0.15, -0.1) is 0 Å². The van der Waals surface area contributed by atoms with Gasteiger partial charge in [-0.05, 0) is 104 Å². The lowest BCUT2D eigenvalue weighted by molar-refractivity contribution is 0.132. The van der Waals surface area contributed by atoms with Gasteiger partial charge in [-0.2, -0.15) is 0 Å². The van der Waals surface area contributed by atoms with E-state index >= 15 is 0 Å². The van der Waals surface area contributed by atoms with Crippen molar-refractivity contribution in [1.29, 1.82) is 0 Å². The Labute approximate surface area is 222 Å². The lowest BCUT2D eigenvalue weighted by atomic mass is 9.87. The van der Waals surface area contributed by atoms with Gasteiger partial charge < -0.3 is 14.7 Å². The molecule has 6 fully saturated rings. The Bertz CT molecular complexity index is 775. The number of hydrogen-bond donors (Lipinski definition) is 0. The first-order chi connectivity index (χ1) is 17.2. The van der Waals surface area contributed by atoms with Gasteiger partial charge in [0.1, 0.15) is 0 Å². The molecule has 6 heterocycles. The Morgan fingerprint density at radius 2 is 1.06 bits per heavy atom. The van der Waals surface area contributed by atoms with Gasteiger partial charge in [0.05, 0.1) is 0 Å². The minimum Gasteiger partial charge on any atom is -0.304 e. The summed E-state index contributed by atoms with van der Waals surface area (Å²) < 4.78 is 0. The molecule has 36 heavy (non-hydrogen) atoms. The van der Waals surface area contributed by atoms with Crippen LogP contribution in [0.25, 0.3) is 0 Å². The third-order valence-electron chi connectivity index (χ3n) is 11.8. The van der Waals surface area contributed by atoms with Crippen LogP contribution in [-0.2, 0) is 0 Å². The van der Waals surface area contributed by atoms with Crippen LogP contribution in [0.5, 0.6) is 0 Å². The molecule has 0 saturated carbocycles. The summed E-state index contributed by atoms with van der Waals surface area (Å²) >= 11 is 0. The predicted molar refractivity (Wildman–Crippen MR) is 149 cm³/mol. The molecule has 206 valence electrons. The van der Waals surface area contributed by atoms with Crippen molar-refractivity contribution in [2.45, 2.75) is 83.2 Å². The van der Waals surface area contributed by atoms with Crippen molar-refractivity contribution in [2.24, 2.45) is 29.6 Å². The Morgan fingerprint density at radius 1 is 0.556 bits per heavy atom. The molecule has 6 saturated heterocycles. The molecule has 10 atom stereocenters. The van der Waals surface area contributed by atoms with Gasteiger partial charge in [-0.3, -0.25) is 14.7 Å². The number of fused-ring (bicyclic) bond motifs is 3. The van der Waals surface area contributed by atoms with E-state index < -0.39 is 0 Å². The quantitative estimate of drug-likeness (QED) is 0.531. The van der Waals surface area contributed by atoms with E-state index in [9.17, 15) is 0 Å². The third kappa shape index (κ3) is 4.60. The maximum atomic E-state index is 3.01. The van der Waals surface area contributed by atoms with Crippen LogP contribution in [0.2, 0.25) is 0 Å². The lowest BCUT2D eigenvalue weighted by Crippen LogP contribution is -2.43. The van der Waals surface area contributed by atoms with E-state index in [1.807, 2.05) is 0 Å². The van der Waals surface area contributed by atoms with Crippen molar-refractivity contribution in [2.75, 3.05) is 80.0 Å². The first-order valence-electron chi connectivity index (χ1n) is 15.5. The Morgan fingerprint density at radius 3 is 1.67 bits per heavy atom. The molecule has 0 aromatic carbocycles. The highest BCUT2D eigenvalue weighted by molar-refractivity contribution is 5.06. The molecule has 0 N–H and O–H groups in total. The monoisotopic (exact) mass is 500 g/mol. The van der Waals surface area contributed by atoms with Gasteiger partial charge in [0.2, 0.25) is 0 Å². The summed E-state index contributed by atoms with van der Waals surface area (Å²) in [5.74, 6) is 4.43. The topological polar surface area (TPSA) is 19.4 Å². The summed E-state index contributed by atoms with van der Waals surface area (Å²) in [6.45, 7) is 21.8. The summed E-state index contributed by atoms with van der Waals surface area (Å²) in [4.78, 5) is 16.6. The van der Waals surface area contributed by atoms with Crippen molar-refractivity contribution in [3.8, 4) is 0 Å². The van der Waals surface area contributed by atoms with E-state index in [2.05, 4.69) is 78.2 Å². The molecule has 0 aromatic heterocycles. The van der Waals surface area contributed by atoms with Crippen LogP contribution in [0.3, 0.4) is 0 Å². The van der Waals surface area contributed by atoms with Crippen LogP contribution in [-0.4, -0.2) is 146 Å². The molecule has 6 aliphatic heterocycles. The van der Waals surface area contributed by atoms with Gasteiger partial charge in [-0.25, -0.2) is 0 Å². The van der Waals surface area contributed by atoms with Gasteiger partial charge in [0, 0.05) is 88.6 Å². The van der Waals surface area contributed by atoms with Crippen LogP contribution >= 0.6 is 0 Å². The number of hydrogen-bond acceptors (Lipinski definition) is 6. The number of rotatable bonds is 7. The molecule has 0 radical (unpaired) electrons. The summed E-state index contributed by atoms with van der Waals surface area (Å²) in [6.07, 6.45) is 4.23. The van der Waals surface area contributed by atoms with Crippen molar-refractivity contribution in [3.63, 3.8) is 0 Å². The van der Waals surface area contributed by atoms with E-state index in [1.54, 1.807) is 0 Å². The Kier molecular flexibility index (Phi) is 7.27. The van der Waals surface area contributed by atoms with E-state index in [0.29, 0.717) is 12.1 Å². The summed E-state index contributed by atoms with van der Waals surface area (Å²) in [5.41, 5.74) is 0. The highest BCUT2D eigenvalue weighted by Gasteiger charge is 2.51. The van der Waals surface area contributed by atoms with Crippen LogP contribution in [0.1, 0.15) is 47.0 Å². The van der Waals surface area contributed by atoms with E-state index in [1.165, 1.54) is 78.2 Å². The Hall–Kier alpha value is -0.240. The standard InChI is InChI=1S/C30H56N6/c1-20(2)35-13-24(26-15-32(6)18-29(26)35)11-22(4)36-14-25(27-16-33(7)19-30(27)36)10-21(3)34-9-8-23-12-31(5)17-28(23)34/h20-30H,8-19H2,1-7H3/t21?,22?,23-,24?,25?,26-,27-,28+,29+,30-/m0/s1. The van der Waals surface area contributed by atoms with E-state index in [0.717, 1.165) is 53.8 Å². The van der Waals surface area contributed by atoms with Gasteiger partial charge >= 0.3 is 0 Å². The van der Waals surface area contributed by atoms with Crippen LogP contribution in [0, 0.1) is 29.6 Å². The molecule has 0 aromatic rings. The van der Waals surface area contributed by atoms with Crippen LogP contribution < -0.4 is 0 Å². The minimum atomic E-state index is 0.680. The molecule has 4 unspecified atom stereocenters. The van der Waals surface area contributed by atoms with Gasteiger partial charge in [0.15, 0.2) is 0 Å². The molecule has 6 rings (SSSR count). The van der Waals surface area contributed by atoms with Gasteiger partial charge in [0.25, 0.3) is 0 Å². The molecule has 0 aliphatic carbocycles. The number of likely N-dealkylation sites (tertiary alicyclic amines) is 6. The molecule has 0 spiro atoms. The highest BCUT2D eigenvalue weighted by atomic mass is 15.3. The largest absolute Gasteiger partial charge is 0.304 e. The number of nitrogens with zero attached hydrogens (tertiary/aromatic N) is 6. The average molecular weight is 501 g/mol. The highest BCUT2D eigenvalue weighted by Crippen LogP contribution is 2.44. The van der Waals surface area contributed by atoms with Crippen LogP contribution in [0.4, 0.5) is 0 Å². The first kappa shape index (κ1) is 26.0. The van der Waals surface area contributed by atoms with Crippen molar-refractivity contribution < 1.29 is 0 Å². The molecule has 6 aliphatic rings. The lowest BCUT2D eigenvalue weighted by Gasteiger charge is -2.34. The van der Waals surface area contributed by atoms with E-state index in [4.69, 9.17) is 0 Å². The fourth-order valence-electron chi connectivity index (χ4n) is 10.2. The molecular formula is C30H56N6. The first-order valence-corrected chi connectivity index (χ1v) is 15.5. The predicted octanol–water partition coefficient (Wildman–Crippen LogP) is 2.31. The third-order valence-corrected chi connectivity index (χ3v) is 11.8. The summed E-state index contributed by atoms with van der Waals surface area (Å²) in [6, 6.07) is 4.54. The molecule has 6 nitrogen and oxygen atoms in total. The van der Waals surface area contributed by atoms with E-state index in [-0.39, 0.29) is 0 Å². The Balaban J connectivity index is 1.11. The second kappa shape index (κ2) is 10.1. The van der Waals surface area contributed by atoms with Crippen molar-refractivity contribution >= 4 is 0 Å². The fourth-order valence-corrected chi connectivity index (χ4v) is 10.2. The second-order valence-electron chi connectivity index (χ2n) is 14.7.